The molecule has 13 heavy (non-hydrogen) atoms. The van der Waals surface area contributed by atoms with Crippen molar-refractivity contribution in [2.75, 3.05) is 13.1 Å². The van der Waals surface area contributed by atoms with Crippen molar-refractivity contribution in [3.8, 4) is 0 Å². The van der Waals surface area contributed by atoms with Crippen molar-refractivity contribution < 1.29 is 19.8 Å². The van der Waals surface area contributed by atoms with Crippen molar-refractivity contribution in [3.63, 3.8) is 0 Å². The van der Waals surface area contributed by atoms with Crippen molar-refractivity contribution >= 4 is 11.9 Å². The molecule has 0 spiro atoms. The maximum atomic E-state index is 10.5. The summed E-state index contributed by atoms with van der Waals surface area (Å²) in [5.74, 6) is -3.82. The number of carboxylic acid groups (broad SMARTS) is 2. The van der Waals surface area contributed by atoms with Crippen molar-refractivity contribution in [3.05, 3.63) is 0 Å². The number of hydrogen-bond acceptors (Lipinski definition) is 4. The van der Waals surface area contributed by atoms with Gasteiger partial charge in [0.15, 0.2) is 0 Å². The van der Waals surface area contributed by atoms with Crippen LogP contribution in [-0.4, -0.2) is 35.2 Å². The van der Waals surface area contributed by atoms with E-state index in [-0.39, 0.29) is 19.5 Å². The molecule has 0 saturated carbocycles. The molecule has 0 aromatic heterocycles. The fraction of sp³-hybridized carbons (Fsp3) is 0.714. The molecule has 0 bridgehead atoms. The lowest BCUT2D eigenvalue weighted by Gasteiger charge is -2.14. The standard InChI is InChI=1S/C7H14N2O4/c8-2-4(6(10)11)1-5(3-9)7(12)13/h4-5H,1-3,8-9H2,(H,10,11)(H,12,13). The zero-order valence-electron chi connectivity index (χ0n) is 7.14. The van der Waals surface area contributed by atoms with Gasteiger partial charge in [-0.3, -0.25) is 9.59 Å². The lowest BCUT2D eigenvalue weighted by molar-refractivity contribution is -0.145. The molecule has 0 aliphatic heterocycles. The van der Waals surface area contributed by atoms with Crippen LogP contribution in [0.1, 0.15) is 6.42 Å². The summed E-state index contributed by atoms with van der Waals surface area (Å²) < 4.78 is 0. The van der Waals surface area contributed by atoms with Crippen molar-refractivity contribution in [2.24, 2.45) is 23.3 Å². The Bertz CT molecular complexity index is 175. The van der Waals surface area contributed by atoms with Crippen LogP contribution in [0.2, 0.25) is 0 Å². The quantitative estimate of drug-likeness (QED) is 0.412. The molecule has 2 unspecified atom stereocenters. The second kappa shape index (κ2) is 5.50. The normalized spacial score (nSPS) is 14.9. The summed E-state index contributed by atoms with van der Waals surface area (Å²) in [6.45, 7) is -0.141. The van der Waals surface area contributed by atoms with Gasteiger partial charge in [0.05, 0.1) is 11.8 Å². The first-order chi connectivity index (χ1) is 6.02. The highest BCUT2D eigenvalue weighted by atomic mass is 16.4. The Morgan fingerprint density at radius 1 is 1.00 bits per heavy atom. The van der Waals surface area contributed by atoms with E-state index in [1.807, 2.05) is 0 Å². The summed E-state index contributed by atoms with van der Waals surface area (Å²) in [6, 6.07) is 0. The predicted octanol–water partition coefficient (Wildman–Crippen LogP) is -1.30. The lowest BCUT2D eigenvalue weighted by Crippen LogP contribution is -2.32. The molecule has 2 atom stereocenters. The Morgan fingerprint density at radius 3 is 1.46 bits per heavy atom. The summed E-state index contributed by atoms with van der Waals surface area (Å²) in [5, 5.41) is 17.2. The third-order valence-electron chi connectivity index (χ3n) is 1.84. The fourth-order valence-electron chi connectivity index (χ4n) is 0.939. The molecule has 0 fully saturated rings. The van der Waals surface area contributed by atoms with Crippen molar-refractivity contribution in [1.82, 2.24) is 0 Å². The summed E-state index contributed by atoms with van der Waals surface area (Å²) >= 11 is 0. The smallest absolute Gasteiger partial charge is 0.307 e. The molecule has 0 radical (unpaired) electrons. The molecular weight excluding hydrogens is 176 g/mol. The summed E-state index contributed by atoms with van der Waals surface area (Å²) in [4.78, 5) is 21.0. The third kappa shape index (κ3) is 3.86. The van der Waals surface area contributed by atoms with Crippen molar-refractivity contribution in [1.29, 1.82) is 0 Å². The zero-order valence-corrected chi connectivity index (χ0v) is 7.14. The molecule has 6 N–H and O–H groups in total. The van der Waals surface area contributed by atoms with E-state index in [9.17, 15) is 9.59 Å². The van der Waals surface area contributed by atoms with Crippen LogP contribution in [0.5, 0.6) is 0 Å². The molecule has 0 aromatic rings. The maximum absolute atomic E-state index is 10.5. The Balaban J connectivity index is 4.19. The topological polar surface area (TPSA) is 127 Å². The minimum Gasteiger partial charge on any atom is -0.481 e. The number of aliphatic carboxylic acids is 2. The monoisotopic (exact) mass is 190 g/mol. The van der Waals surface area contributed by atoms with Crippen LogP contribution in [0.3, 0.4) is 0 Å². The van der Waals surface area contributed by atoms with Gasteiger partial charge in [0.1, 0.15) is 0 Å². The highest BCUT2D eigenvalue weighted by Crippen LogP contribution is 2.11. The summed E-state index contributed by atoms with van der Waals surface area (Å²) in [5.41, 5.74) is 10.3. The van der Waals surface area contributed by atoms with Crippen LogP contribution >= 0.6 is 0 Å². The van der Waals surface area contributed by atoms with Gasteiger partial charge < -0.3 is 21.7 Å². The Morgan fingerprint density at radius 2 is 1.31 bits per heavy atom. The molecule has 76 valence electrons. The third-order valence-corrected chi connectivity index (χ3v) is 1.84. The molecule has 0 aromatic carbocycles. The van der Waals surface area contributed by atoms with Gasteiger partial charge in [-0.25, -0.2) is 0 Å². The Hall–Kier alpha value is -1.14. The van der Waals surface area contributed by atoms with E-state index >= 15 is 0 Å². The first-order valence-electron chi connectivity index (χ1n) is 3.88. The zero-order chi connectivity index (χ0) is 10.4. The molecule has 0 amide bonds. The van der Waals surface area contributed by atoms with Gasteiger partial charge in [0.25, 0.3) is 0 Å². The van der Waals surface area contributed by atoms with Gasteiger partial charge >= 0.3 is 11.9 Å². The largest absolute Gasteiger partial charge is 0.481 e. The fourth-order valence-corrected chi connectivity index (χ4v) is 0.939. The minimum atomic E-state index is -1.08. The molecule has 0 aliphatic carbocycles. The van der Waals surface area contributed by atoms with E-state index in [2.05, 4.69) is 0 Å². The molecule has 0 saturated heterocycles. The second-order valence-electron chi connectivity index (χ2n) is 2.78. The van der Waals surface area contributed by atoms with E-state index in [4.69, 9.17) is 21.7 Å². The number of nitrogens with two attached hydrogens (primary N) is 2. The van der Waals surface area contributed by atoms with Gasteiger partial charge in [-0.2, -0.15) is 0 Å². The van der Waals surface area contributed by atoms with Crippen LogP contribution in [0, 0.1) is 11.8 Å². The van der Waals surface area contributed by atoms with E-state index in [0.717, 1.165) is 0 Å². The number of rotatable bonds is 6. The average molecular weight is 190 g/mol. The van der Waals surface area contributed by atoms with Crippen LogP contribution in [-0.2, 0) is 9.59 Å². The number of carbonyl (C=O) groups is 2. The van der Waals surface area contributed by atoms with Crippen LogP contribution in [0.15, 0.2) is 0 Å². The van der Waals surface area contributed by atoms with E-state index in [0.29, 0.717) is 0 Å². The average Bonchev–Trinajstić information content (AvgIpc) is 2.05. The molecule has 0 aliphatic rings. The van der Waals surface area contributed by atoms with Gasteiger partial charge in [-0.15, -0.1) is 0 Å². The first kappa shape index (κ1) is 11.9. The van der Waals surface area contributed by atoms with Crippen molar-refractivity contribution in [2.45, 2.75) is 6.42 Å². The second-order valence-corrected chi connectivity index (χ2v) is 2.78. The highest BCUT2D eigenvalue weighted by Gasteiger charge is 2.24. The van der Waals surface area contributed by atoms with Gasteiger partial charge in [0.2, 0.25) is 0 Å². The maximum Gasteiger partial charge on any atom is 0.307 e. The van der Waals surface area contributed by atoms with Crippen LogP contribution < -0.4 is 11.5 Å². The SMILES string of the molecule is NCC(CC(CN)C(=O)O)C(=O)O. The summed E-state index contributed by atoms with van der Waals surface area (Å²) in [7, 11) is 0. The van der Waals surface area contributed by atoms with Crippen LogP contribution in [0.4, 0.5) is 0 Å². The molecule has 6 nitrogen and oxygen atoms in total. The highest BCUT2D eigenvalue weighted by molar-refractivity contribution is 5.74. The number of carboxylic acids is 2. The minimum absolute atomic E-state index is 0.0162. The van der Waals surface area contributed by atoms with Crippen LogP contribution in [0.25, 0.3) is 0 Å². The van der Waals surface area contributed by atoms with Gasteiger partial charge in [-0.1, -0.05) is 0 Å². The lowest BCUT2D eigenvalue weighted by atomic mass is 9.95. The van der Waals surface area contributed by atoms with E-state index in [1.165, 1.54) is 0 Å². The molecular formula is C7H14N2O4. The predicted molar refractivity (Wildman–Crippen MR) is 45.0 cm³/mol. The molecule has 6 heteroatoms. The van der Waals surface area contributed by atoms with E-state index in [1.54, 1.807) is 0 Å². The number of hydrogen-bond donors (Lipinski definition) is 4. The van der Waals surface area contributed by atoms with E-state index < -0.39 is 23.8 Å². The Labute approximate surface area is 75.5 Å². The first-order valence-corrected chi connectivity index (χ1v) is 3.88. The molecule has 0 rings (SSSR count). The Kier molecular flexibility index (Phi) is 5.01. The van der Waals surface area contributed by atoms with Gasteiger partial charge in [-0.05, 0) is 6.42 Å². The summed E-state index contributed by atoms with van der Waals surface area (Å²) in [6.07, 6.45) is -0.0162. The van der Waals surface area contributed by atoms with Gasteiger partial charge in [0, 0.05) is 13.1 Å². The molecule has 0 heterocycles.